The zero-order valence-corrected chi connectivity index (χ0v) is 12.1. The van der Waals surface area contributed by atoms with Crippen LogP contribution >= 0.6 is 0 Å². The minimum atomic E-state index is -0.621. The van der Waals surface area contributed by atoms with Crippen molar-refractivity contribution in [1.29, 1.82) is 0 Å². The van der Waals surface area contributed by atoms with Crippen molar-refractivity contribution < 1.29 is 10.0 Å². The number of aromatic amines is 1. The second-order valence-corrected chi connectivity index (χ2v) is 5.58. The molecular formula is C15H18N4O3. The largest absolute Gasteiger partial charge is 0.317 e. The smallest absolute Gasteiger partial charge is 0.274 e. The maximum absolute atomic E-state index is 12.1. The summed E-state index contributed by atoms with van der Waals surface area (Å²) in [5.74, 6) is 0.528. The van der Waals surface area contributed by atoms with E-state index in [0.717, 1.165) is 32.4 Å². The average molecular weight is 302 g/mol. The van der Waals surface area contributed by atoms with Crippen LogP contribution in [0.4, 0.5) is 0 Å². The van der Waals surface area contributed by atoms with Crippen LogP contribution in [0, 0.1) is 5.92 Å². The van der Waals surface area contributed by atoms with Crippen LogP contribution in [0.1, 0.15) is 29.0 Å². The maximum atomic E-state index is 12.1. The van der Waals surface area contributed by atoms with Crippen LogP contribution in [-0.4, -0.2) is 34.2 Å². The fourth-order valence-corrected chi connectivity index (χ4v) is 2.85. The number of H-pyrrole nitrogens is 1. The molecule has 4 N–H and O–H groups in total. The minimum Gasteiger partial charge on any atom is -0.317 e. The number of carbonyl (C=O) groups is 1. The molecule has 7 heteroatoms. The monoisotopic (exact) mass is 302 g/mol. The van der Waals surface area contributed by atoms with Crippen molar-refractivity contribution in [3.05, 3.63) is 39.9 Å². The summed E-state index contributed by atoms with van der Waals surface area (Å²) in [7, 11) is 0. The lowest BCUT2D eigenvalue weighted by atomic mass is 9.94. The topological polar surface area (TPSA) is 107 Å². The van der Waals surface area contributed by atoms with Crippen LogP contribution in [0.3, 0.4) is 0 Å². The number of amides is 1. The third-order valence-corrected chi connectivity index (χ3v) is 4.06. The standard InChI is InChI=1S/C15H18N4O3/c20-14(19-22)10-1-2-11-12(8-10)17-13(18-15(11)21)7-9-3-5-16-6-4-9/h1-2,8-9,16,22H,3-7H2,(H,19,20)(H,17,18,21). The molecule has 116 valence electrons. The summed E-state index contributed by atoms with van der Waals surface area (Å²) >= 11 is 0. The van der Waals surface area contributed by atoms with Gasteiger partial charge in [0.2, 0.25) is 0 Å². The summed E-state index contributed by atoms with van der Waals surface area (Å²) < 4.78 is 0. The number of hydroxylamine groups is 1. The van der Waals surface area contributed by atoms with Crippen molar-refractivity contribution in [1.82, 2.24) is 20.8 Å². The molecule has 0 spiro atoms. The molecule has 7 nitrogen and oxygen atoms in total. The zero-order chi connectivity index (χ0) is 15.5. The molecule has 22 heavy (non-hydrogen) atoms. The SMILES string of the molecule is O=C(NO)c1ccc2c(=O)[nH]c(CC3CCNCC3)nc2c1. The van der Waals surface area contributed by atoms with Crippen LogP contribution < -0.4 is 16.4 Å². The molecule has 1 saturated heterocycles. The van der Waals surface area contributed by atoms with Gasteiger partial charge in [0.05, 0.1) is 10.9 Å². The highest BCUT2D eigenvalue weighted by molar-refractivity contribution is 5.96. The molecule has 0 radical (unpaired) electrons. The van der Waals surface area contributed by atoms with Gasteiger partial charge in [0.1, 0.15) is 5.82 Å². The zero-order valence-electron chi connectivity index (χ0n) is 12.1. The van der Waals surface area contributed by atoms with E-state index in [1.807, 2.05) is 0 Å². The lowest BCUT2D eigenvalue weighted by molar-refractivity contribution is 0.0706. The number of piperidine rings is 1. The first-order valence-corrected chi connectivity index (χ1v) is 7.35. The molecule has 2 aromatic rings. The van der Waals surface area contributed by atoms with Crippen LogP contribution in [0.25, 0.3) is 10.9 Å². The maximum Gasteiger partial charge on any atom is 0.274 e. The lowest BCUT2D eigenvalue weighted by Crippen LogP contribution is -2.29. The van der Waals surface area contributed by atoms with Gasteiger partial charge in [-0.25, -0.2) is 10.5 Å². The Labute approximate surface area is 126 Å². The number of fused-ring (bicyclic) bond motifs is 1. The van der Waals surface area contributed by atoms with Gasteiger partial charge in [-0.2, -0.15) is 0 Å². The van der Waals surface area contributed by atoms with Gasteiger partial charge in [-0.05, 0) is 50.0 Å². The van der Waals surface area contributed by atoms with Gasteiger partial charge in [0.25, 0.3) is 11.5 Å². The van der Waals surface area contributed by atoms with E-state index < -0.39 is 5.91 Å². The molecule has 1 fully saturated rings. The molecular weight excluding hydrogens is 284 g/mol. The summed E-state index contributed by atoms with van der Waals surface area (Å²) in [6.45, 7) is 1.98. The van der Waals surface area contributed by atoms with Crippen molar-refractivity contribution in [3.8, 4) is 0 Å². The number of hydrogen-bond acceptors (Lipinski definition) is 5. The van der Waals surface area contributed by atoms with Gasteiger partial charge in [0.15, 0.2) is 0 Å². The average Bonchev–Trinajstić information content (AvgIpc) is 2.54. The van der Waals surface area contributed by atoms with Gasteiger partial charge >= 0.3 is 0 Å². The first-order chi connectivity index (χ1) is 10.7. The molecule has 1 amide bonds. The highest BCUT2D eigenvalue weighted by Crippen LogP contribution is 2.17. The molecule has 1 aliphatic heterocycles. The van der Waals surface area contributed by atoms with Crippen molar-refractivity contribution in [2.45, 2.75) is 19.3 Å². The Hall–Kier alpha value is -2.25. The molecule has 1 aromatic heterocycles. The summed E-state index contributed by atoms with van der Waals surface area (Å²) in [5, 5.41) is 12.4. The second kappa shape index (κ2) is 6.25. The lowest BCUT2D eigenvalue weighted by Gasteiger charge is -2.21. The Morgan fingerprint density at radius 3 is 2.86 bits per heavy atom. The van der Waals surface area contributed by atoms with E-state index in [0.29, 0.717) is 22.6 Å². The van der Waals surface area contributed by atoms with Gasteiger partial charge < -0.3 is 10.3 Å². The van der Waals surface area contributed by atoms with E-state index in [1.165, 1.54) is 12.1 Å². The molecule has 0 saturated carbocycles. The van der Waals surface area contributed by atoms with Crippen molar-refractivity contribution in [3.63, 3.8) is 0 Å². The molecule has 0 atom stereocenters. The Bertz CT molecular complexity index is 750. The van der Waals surface area contributed by atoms with E-state index in [4.69, 9.17) is 5.21 Å². The van der Waals surface area contributed by atoms with Gasteiger partial charge in [0, 0.05) is 12.0 Å². The quantitative estimate of drug-likeness (QED) is 0.490. The Balaban J connectivity index is 1.94. The Kier molecular flexibility index (Phi) is 4.17. The number of nitrogens with one attached hydrogen (secondary N) is 3. The molecule has 0 aliphatic carbocycles. The van der Waals surface area contributed by atoms with Gasteiger partial charge in [-0.1, -0.05) is 0 Å². The van der Waals surface area contributed by atoms with E-state index >= 15 is 0 Å². The highest BCUT2D eigenvalue weighted by Gasteiger charge is 2.16. The number of carbonyl (C=O) groups excluding carboxylic acids is 1. The molecule has 2 heterocycles. The number of rotatable bonds is 3. The summed E-state index contributed by atoms with van der Waals surface area (Å²) in [6.07, 6.45) is 2.85. The van der Waals surface area contributed by atoms with Crippen molar-refractivity contribution in [2.24, 2.45) is 5.92 Å². The highest BCUT2D eigenvalue weighted by atomic mass is 16.5. The third-order valence-electron chi connectivity index (χ3n) is 4.06. The molecule has 1 aliphatic rings. The predicted octanol–water partition coefficient (Wildman–Crippen LogP) is 0.584. The number of nitrogens with zero attached hydrogens (tertiary/aromatic N) is 1. The Morgan fingerprint density at radius 2 is 2.14 bits per heavy atom. The molecule has 0 bridgehead atoms. The van der Waals surface area contributed by atoms with Crippen LogP contribution in [0.2, 0.25) is 0 Å². The summed E-state index contributed by atoms with van der Waals surface area (Å²) in [5.41, 5.74) is 2.11. The number of aromatic nitrogens is 2. The van der Waals surface area contributed by atoms with Crippen LogP contribution in [0.15, 0.2) is 23.0 Å². The van der Waals surface area contributed by atoms with E-state index in [1.54, 1.807) is 11.5 Å². The number of hydrogen-bond donors (Lipinski definition) is 4. The first-order valence-electron chi connectivity index (χ1n) is 7.35. The molecule has 1 aromatic carbocycles. The summed E-state index contributed by atoms with van der Waals surface area (Å²) in [6, 6.07) is 4.54. The fraction of sp³-hybridized carbons (Fsp3) is 0.400. The second-order valence-electron chi connectivity index (χ2n) is 5.58. The van der Waals surface area contributed by atoms with E-state index in [-0.39, 0.29) is 11.1 Å². The molecule has 3 rings (SSSR count). The molecule has 0 unspecified atom stereocenters. The fourth-order valence-electron chi connectivity index (χ4n) is 2.85. The minimum absolute atomic E-state index is 0.204. The Morgan fingerprint density at radius 1 is 1.36 bits per heavy atom. The van der Waals surface area contributed by atoms with Crippen LogP contribution in [0.5, 0.6) is 0 Å². The summed E-state index contributed by atoms with van der Waals surface area (Å²) in [4.78, 5) is 30.9. The first kappa shape index (κ1) is 14.7. The van der Waals surface area contributed by atoms with Crippen molar-refractivity contribution >= 4 is 16.8 Å². The van der Waals surface area contributed by atoms with Crippen molar-refractivity contribution in [2.75, 3.05) is 13.1 Å². The normalized spacial score (nSPS) is 15.9. The third kappa shape index (κ3) is 3.00. The van der Waals surface area contributed by atoms with Gasteiger partial charge in [-0.15, -0.1) is 0 Å². The number of benzene rings is 1. The van der Waals surface area contributed by atoms with E-state index in [2.05, 4.69) is 15.3 Å². The van der Waals surface area contributed by atoms with Crippen LogP contribution in [-0.2, 0) is 6.42 Å². The van der Waals surface area contributed by atoms with Gasteiger partial charge in [-0.3, -0.25) is 14.8 Å². The van der Waals surface area contributed by atoms with E-state index in [9.17, 15) is 9.59 Å². The predicted molar refractivity (Wildman–Crippen MR) is 80.9 cm³/mol.